The van der Waals surface area contributed by atoms with Gasteiger partial charge in [0.2, 0.25) is 0 Å². The average Bonchev–Trinajstić information content (AvgIpc) is 3.12. The van der Waals surface area contributed by atoms with Crippen molar-refractivity contribution in [1.29, 1.82) is 0 Å². The van der Waals surface area contributed by atoms with E-state index in [0.29, 0.717) is 0 Å². The number of hydrogen-bond donors (Lipinski definition) is 1. The van der Waals surface area contributed by atoms with Crippen LogP contribution in [0.3, 0.4) is 0 Å². The Hall–Kier alpha value is -3.59. The molecule has 3 heteroatoms. The third-order valence-electron chi connectivity index (χ3n) is 6.83. The smallest absolute Gasteiger partial charge is 0.137 e. The summed E-state index contributed by atoms with van der Waals surface area (Å²) >= 11 is 0. The fraction of sp³-hybridized carbons (Fsp3) is 0.233. The molecule has 33 heavy (non-hydrogen) atoms. The SMILES string of the molecule is CC(C)(C)c1ccc(C(C)(C)c2ccnc(-n3c4ccccc4c4ccc(O)cc43)c2)cc1. The lowest BCUT2D eigenvalue weighted by molar-refractivity contribution is 0.476. The Morgan fingerprint density at radius 3 is 2.06 bits per heavy atom. The van der Waals surface area contributed by atoms with Crippen molar-refractivity contribution in [1.82, 2.24) is 9.55 Å². The van der Waals surface area contributed by atoms with E-state index >= 15 is 0 Å². The molecule has 0 saturated carbocycles. The molecule has 0 saturated heterocycles. The van der Waals surface area contributed by atoms with Crippen molar-refractivity contribution < 1.29 is 5.11 Å². The molecule has 0 aliphatic carbocycles. The van der Waals surface area contributed by atoms with Crippen LogP contribution in [0.25, 0.3) is 27.6 Å². The summed E-state index contributed by atoms with van der Waals surface area (Å²) in [5, 5.41) is 12.5. The third kappa shape index (κ3) is 3.58. The van der Waals surface area contributed by atoms with Crippen LogP contribution in [0.15, 0.2) is 85.1 Å². The van der Waals surface area contributed by atoms with Crippen molar-refractivity contribution in [2.24, 2.45) is 0 Å². The molecule has 5 rings (SSSR count). The van der Waals surface area contributed by atoms with Crippen LogP contribution in [-0.2, 0) is 10.8 Å². The first-order valence-corrected chi connectivity index (χ1v) is 11.5. The molecule has 3 nitrogen and oxygen atoms in total. The van der Waals surface area contributed by atoms with Gasteiger partial charge < -0.3 is 5.11 Å². The molecule has 0 atom stereocenters. The number of phenolic OH excluding ortho intramolecular Hbond substituents is 1. The zero-order valence-corrected chi connectivity index (χ0v) is 19.9. The molecule has 0 aliphatic heterocycles. The molecule has 3 aromatic carbocycles. The molecular formula is C30H30N2O. The van der Waals surface area contributed by atoms with Gasteiger partial charge in [0, 0.05) is 28.5 Å². The van der Waals surface area contributed by atoms with E-state index in [4.69, 9.17) is 4.98 Å². The highest BCUT2D eigenvalue weighted by molar-refractivity contribution is 6.09. The van der Waals surface area contributed by atoms with Crippen LogP contribution in [0.2, 0.25) is 0 Å². The molecule has 0 unspecified atom stereocenters. The molecule has 0 radical (unpaired) electrons. The van der Waals surface area contributed by atoms with Gasteiger partial charge in [0.1, 0.15) is 11.6 Å². The largest absolute Gasteiger partial charge is 0.508 e. The molecule has 0 bridgehead atoms. The van der Waals surface area contributed by atoms with Gasteiger partial charge in [0.05, 0.1) is 11.0 Å². The van der Waals surface area contributed by atoms with Crippen molar-refractivity contribution >= 4 is 21.8 Å². The van der Waals surface area contributed by atoms with E-state index in [1.54, 1.807) is 6.07 Å². The predicted molar refractivity (Wildman–Crippen MR) is 138 cm³/mol. The second-order valence-corrected chi connectivity index (χ2v) is 10.4. The number of fused-ring (bicyclic) bond motifs is 3. The van der Waals surface area contributed by atoms with Crippen LogP contribution in [0.5, 0.6) is 5.75 Å². The van der Waals surface area contributed by atoms with Gasteiger partial charge in [0.15, 0.2) is 0 Å². The molecule has 5 aromatic rings. The highest BCUT2D eigenvalue weighted by atomic mass is 16.3. The van der Waals surface area contributed by atoms with Crippen LogP contribution in [-0.4, -0.2) is 14.7 Å². The molecule has 1 N–H and O–H groups in total. The van der Waals surface area contributed by atoms with E-state index in [1.165, 1.54) is 16.7 Å². The van der Waals surface area contributed by atoms with Gasteiger partial charge in [-0.2, -0.15) is 0 Å². The number of hydrogen-bond acceptors (Lipinski definition) is 2. The van der Waals surface area contributed by atoms with E-state index in [2.05, 4.69) is 87.7 Å². The van der Waals surface area contributed by atoms with Gasteiger partial charge in [-0.3, -0.25) is 4.57 Å². The maximum Gasteiger partial charge on any atom is 0.137 e. The number of para-hydroxylation sites is 1. The molecule has 0 amide bonds. The summed E-state index contributed by atoms with van der Waals surface area (Å²) in [5.41, 5.74) is 5.78. The van der Waals surface area contributed by atoms with Gasteiger partial charge in [0.25, 0.3) is 0 Å². The van der Waals surface area contributed by atoms with Crippen LogP contribution < -0.4 is 0 Å². The number of benzene rings is 3. The number of aromatic hydroxyl groups is 1. The first-order valence-electron chi connectivity index (χ1n) is 11.5. The highest BCUT2D eigenvalue weighted by Gasteiger charge is 2.25. The summed E-state index contributed by atoms with van der Waals surface area (Å²) in [4.78, 5) is 4.75. The maximum atomic E-state index is 10.2. The van der Waals surface area contributed by atoms with E-state index < -0.39 is 0 Å². The second kappa shape index (κ2) is 7.48. The van der Waals surface area contributed by atoms with Gasteiger partial charge >= 0.3 is 0 Å². The molecule has 2 heterocycles. The fourth-order valence-electron chi connectivity index (χ4n) is 4.69. The third-order valence-corrected chi connectivity index (χ3v) is 6.83. The van der Waals surface area contributed by atoms with Crippen LogP contribution >= 0.6 is 0 Å². The maximum absolute atomic E-state index is 10.2. The normalized spacial score (nSPS) is 12.5. The summed E-state index contributed by atoms with van der Waals surface area (Å²) in [6.45, 7) is 11.2. The Labute approximate surface area is 195 Å². The van der Waals surface area contributed by atoms with Gasteiger partial charge in [-0.25, -0.2) is 4.98 Å². The lowest BCUT2D eigenvalue weighted by atomic mass is 9.77. The Balaban J connectivity index is 1.66. The van der Waals surface area contributed by atoms with Gasteiger partial charge in [-0.15, -0.1) is 0 Å². The fourth-order valence-corrected chi connectivity index (χ4v) is 4.69. The van der Waals surface area contributed by atoms with Crippen LogP contribution in [0.1, 0.15) is 51.3 Å². The summed E-state index contributed by atoms with van der Waals surface area (Å²) < 4.78 is 2.15. The summed E-state index contributed by atoms with van der Waals surface area (Å²) in [6.07, 6.45) is 1.89. The van der Waals surface area contributed by atoms with Gasteiger partial charge in [-0.05, 0) is 52.4 Å². The number of aromatic nitrogens is 2. The summed E-state index contributed by atoms with van der Waals surface area (Å²) in [5.74, 6) is 1.10. The number of phenols is 1. The molecule has 2 aromatic heterocycles. The Kier molecular flexibility index (Phi) is 4.82. The van der Waals surface area contributed by atoms with Crippen LogP contribution in [0.4, 0.5) is 0 Å². The van der Waals surface area contributed by atoms with E-state index in [0.717, 1.165) is 27.6 Å². The first-order chi connectivity index (χ1) is 15.7. The minimum absolute atomic E-state index is 0.134. The molecule has 0 aliphatic rings. The predicted octanol–water partition coefficient (Wildman–Crippen LogP) is 7.51. The van der Waals surface area contributed by atoms with Crippen molar-refractivity contribution in [3.8, 4) is 11.6 Å². The highest BCUT2D eigenvalue weighted by Crippen LogP contribution is 2.36. The molecule has 166 valence electrons. The van der Waals surface area contributed by atoms with Crippen molar-refractivity contribution in [3.05, 3.63) is 102 Å². The minimum atomic E-state index is -0.186. The van der Waals surface area contributed by atoms with Crippen molar-refractivity contribution in [2.45, 2.75) is 45.4 Å². The summed E-state index contributed by atoms with van der Waals surface area (Å²) in [7, 11) is 0. The van der Waals surface area contributed by atoms with E-state index in [1.807, 2.05) is 30.5 Å². The van der Waals surface area contributed by atoms with Crippen LogP contribution in [0, 0.1) is 0 Å². The van der Waals surface area contributed by atoms with Crippen molar-refractivity contribution in [3.63, 3.8) is 0 Å². The van der Waals surface area contributed by atoms with E-state index in [9.17, 15) is 5.11 Å². The topological polar surface area (TPSA) is 38.0 Å². The Bertz CT molecular complexity index is 1470. The molecular weight excluding hydrogens is 404 g/mol. The Morgan fingerprint density at radius 1 is 0.667 bits per heavy atom. The van der Waals surface area contributed by atoms with Crippen molar-refractivity contribution in [2.75, 3.05) is 0 Å². The monoisotopic (exact) mass is 434 g/mol. The molecule has 0 fully saturated rings. The number of rotatable bonds is 3. The average molecular weight is 435 g/mol. The zero-order valence-electron chi connectivity index (χ0n) is 19.9. The van der Waals surface area contributed by atoms with E-state index in [-0.39, 0.29) is 16.6 Å². The first kappa shape index (κ1) is 21.3. The Morgan fingerprint density at radius 2 is 1.33 bits per heavy atom. The van der Waals surface area contributed by atoms with Gasteiger partial charge in [-0.1, -0.05) is 77.1 Å². The number of nitrogens with zero attached hydrogens (tertiary/aromatic N) is 2. The number of pyridine rings is 1. The zero-order chi connectivity index (χ0) is 23.4. The standard InChI is InChI=1S/C30H30N2O/c1-29(2,3)20-10-12-21(13-11-20)30(4,5)22-16-17-31-28(18-22)32-26-9-7-6-8-24(26)25-15-14-23(33)19-27(25)32/h6-19,33H,1-5H3. The quantitative estimate of drug-likeness (QED) is 0.319. The minimum Gasteiger partial charge on any atom is -0.508 e. The summed E-state index contributed by atoms with van der Waals surface area (Å²) in [6, 6.07) is 27.1. The lowest BCUT2D eigenvalue weighted by Gasteiger charge is -2.28. The lowest BCUT2D eigenvalue weighted by Crippen LogP contribution is -2.20. The molecule has 0 spiro atoms. The second-order valence-electron chi connectivity index (χ2n) is 10.4.